The van der Waals surface area contributed by atoms with Crippen molar-refractivity contribution in [3.8, 4) is 16.9 Å². The Morgan fingerprint density at radius 1 is 1.44 bits per heavy atom. The van der Waals surface area contributed by atoms with E-state index in [4.69, 9.17) is 22.1 Å². The maximum absolute atomic E-state index is 14.7. The Kier molecular flexibility index (Phi) is 5.41. The number of benzene rings is 1. The summed E-state index contributed by atoms with van der Waals surface area (Å²) < 4.78 is 33.9. The third-order valence-electron chi connectivity index (χ3n) is 3.80. The highest BCUT2D eigenvalue weighted by atomic mass is 35.5. The van der Waals surface area contributed by atoms with Crippen LogP contribution in [0.15, 0.2) is 29.9 Å². The SMILES string of the molecule is C=CCN1CCOc2cc(F)cc(F)c2-c2c(Cl)nc(/C(N)=N\OC)nc21. The van der Waals surface area contributed by atoms with Gasteiger partial charge in [-0.3, -0.25) is 0 Å². The summed E-state index contributed by atoms with van der Waals surface area (Å²) in [5.74, 6) is -1.37. The zero-order valence-corrected chi connectivity index (χ0v) is 15.1. The van der Waals surface area contributed by atoms with Crippen LogP contribution in [0.4, 0.5) is 14.6 Å². The van der Waals surface area contributed by atoms with E-state index < -0.39 is 11.6 Å². The summed E-state index contributed by atoms with van der Waals surface area (Å²) >= 11 is 6.35. The maximum Gasteiger partial charge on any atom is 0.208 e. The molecule has 0 unspecified atom stereocenters. The molecule has 0 radical (unpaired) electrons. The average Bonchev–Trinajstić information content (AvgIpc) is 2.60. The van der Waals surface area contributed by atoms with Crippen molar-refractivity contribution in [2.75, 3.05) is 31.7 Å². The number of anilines is 1. The molecule has 27 heavy (non-hydrogen) atoms. The van der Waals surface area contributed by atoms with E-state index in [1.54, 1.807) is 11.0 Å². The highest BCUT2D eigenvalue weighted by Gasteiger charge is 2.28. The van der Waals surface area contributed by atoms with Gasteiger partial charge in [0, 0.05) is 18.7 Å². The minimum absolute atomic E-state index is 0.0141. The molecular weight excluding hydrogens is 380 g/mol. The second-order valence-corrected chi connectivity index (χ2v) is 5.90. The number of nitrogens with two attached hydrogens (primary N) is 1. The summed E-state index contributed by atoms with van der Waals surface area (Å²) in [6.45, 7) is 4.63. The second-order valence-electron chi connectivity index (χ2n) is 5.54. The van der Waals surface area contributed by atoms with E-state index in [1.807, 2.05) is 0 Å². The van der Waals surface area contributed by atoms with Crippen molar-refractivity contribution in [2.24, 2.45) is 10.9 Å². The molecule has 2 heterocycles. The van der Waals surface area contributed by atoms with Crippen LogP contribution >= 0.6 is 11.6 Å². The van der Waals surface area contributed by atoms with Crippen LogP contribution in [0, 0.1) is 11.6 Å². The fourth-order valence-corrected chi connectivity index (χ4v) is 2.99. The van der Waals surface area contributed by atoms with E-state index in [0.29, 0.717) is 18.9 Å². The summed E-state index contributed by atoms with van der Waals surface area (Å²) in [7, 11) is 1.32. The van der Waals surface area contributed by atoms with E-state index in [9.17, 15) is 8.78 Å². The van der Waals surface area contributed by atoms with Gasteiger partial charge in [0.05, 0.1) is 17.7 Å². The minimum atomic E-state index is -0.844. The number of nitrogens with zero attached hydrogens (tertiary/aromatic N) is 4. The number of rotatable bonds is 4. The van der Waals surface area contributed by atoms with Crippen molar-refractivity contribution in [1.29, 1.82) is 0 Å². The molecule has 1 aliphatic rings. The van der Waals surface area contributed by atoms with Crippen molar-refractivity contribution in [1.82, 2.24) is 9.97 Å². The Bertz CT molecular complexity index is 923. The van der Waals surface area contributed by atoms with Crippen LogP contribution in [0.1, 0.15) is 5.82 Å². The molecule has 1 aromatic carbocycles. The number of oxime groups is 1. The van der Waals surface area contributed by atoms with Gasteiger partial charge >= 0.3 is 0 Å². The van der Waals surface area contributed by atoms with Crippen LogP contribution in [0.5, 0.6) is 5.75 Å². The van der Waals surface area contributed by atoms with Gasteiger partial charge in [-0.15, -0.1) is 6.58 Å². The normalized spacial score (nSPS) is 13.8. The molecule has 0 saturated heterocycles. The molecule has 10 heteroatoms. The summed E-state index contributed by atoms with van der Waals surface area (Å²) in [6.07, 6.45) is 1.65. The van der Waals surface area contributed by atoms with Crippen LogP contribution in [0.3, 0.4) is 0 Å². The van der Waals surface area contributed by atoms with Gasteiger partial charge in [-0.25, -0.2) is 18.7 Å². The maximum atomic E-state index is 14.7. The fourth-order valence-electron chi connectivity index (χ4n) is 2.73. The molecule has 0 amide bonds. The van der Waals surface area contributed by atoms with Crippen molar-refractivity contribution in [3.63, 3.8) is 0 Å². The largest absolute Gasteiger partial charge is 0.491 e. The standard InChI is InChI=1S/C17H16ClF2N5O2/c1-3-4-25-5-6-27-11-8-9(19)7-10(20)12(11)13-14(18)22-16(23-17(13)25)15(21)24-26-2/h3,7-8H,1,4-6H2,2H3,(H2,21,24). The van der Waals surface area contributed by atoms with Gasteiger partial charge in [0.2, 0.25) is 11.7 Å². The molecule has 142 valence electrons. The van der Waals surface area contributed by atoms with E-state index in [2.05, 4.69) is 26.5 Å². The van der Waals surface area contributed by atoms with Crippen molar-refractivity contribution in [3.05, 3.63) is 47.4 Å². The predicted molar refractivity (Wildman–Crippen MR) is 98.0 cm³/mol. The molecule has 0 bridgehead atoms. The van der Waals surface area contributed by atoms with Gasteiger partial charge in [0.25, 0.3) is 0 Å². The smallest absolute Gasteiger partial charge is 0.208 e. The van der Waals surface area contributed by atoms with Crippen LogP contribution < -0.4 is 15.4 Å². The fraction of sp³-hybridized carbons (Fsp3) is 0.235. The summed E-state index contributed by atoms with van der Waals surface area (Å²) in [5.41, 5.74) is 5.93. The summed E-state index contributed by atoms with van der Waals surface area (Å²) in [5, 5.41) is 3.51. The Morgan fingerprint density at radius 3 is 2.93 bits per heavy atom. The molecule has 0 saturated carbocycles. The van der Waals surface area contributed by atoms with Crippen LogP contribution in [0.25, 0.3) is 11.1 Å². The molecule has 0 fully saturated rings. The van der Waals surface area contributed by atoms with Gasteiger partial charge in [0.1, 0.15) is 42.1 Å². The summed E-state index contributed by atoms with van der Waals surface area (Å²) in [4.78, 5) is 14.9. The van der Waals surface area contributed by atoms with Gasteiger partial charge in [-0.2, -0.15) is 0 Å². The number of fused-ring (bicyclic) bond motifs is 3. The van der Waals surface area contributed by atoms with E-state index >= 15 is 0 Å². The van der Waals surface area contributed by atoms with E-state index in [0.717, 1.165) is 12.1 Å². The molecule has 3 rings (SSSR count). The first-order chi connectivity index (χ1) is 13.0. The molecule has 1 aliphatic heterocycles. The number of hydrogen-bond donors (Lipinski definition) is 1. The quantitative estimate of drug-likeness (QED) is 0.282. The van der Waals surface area contributed by atoms with Gasteiger partial charge in [0.15, 0.2) is 0 Å². The molecule has 0 aliphatic carbocycles. The van der Waals surface area contributed by atoms with Crippen molar-refractivity contribution < 1.29 is 18.4 Å². The zero-order chi connectivity index (χ0) is 19.6. The van der Waals surface area contributed by atoms with Crippen LogP contribution in [0.2, 0.25) is 5.15 Å². The van der Waals surface area contributed by atoms with Gasteiger partial charge < -0.3 is 20.2 Å². The second kappa shape index (κ2) is 7.75. The monoisotopic (exact) mass is 395 g/mol. The Hall–Kier alpha value is -2.94. The lowest BCUT2D eigenvalue weighted by Gasteiger charge is -2.29. The van der Waals surface area contributed by atoms with E-state index in [-0.39, 0.29) is 40.3 Å². The number of amidine groups is 1. The topological polar surface area (TPSA) is 85.9 Å². The summed E-state index contributed by atoms with van der Waals surface area (Å²) in [6, 6.07) is 1.84. The van der Waals surface area contributed by atoms with Crippen LogP contribution in [-0.4, -0.2) is 42.6 Å². The average molecular weight is 396 g/mol. The molecule has 2 aromatic rings. The lowest BCUT2D eigenvalue weighted by molar-refractivity contribution is 0.213. The lowest BCUT2D eigenvalue weighted by Crippen LogP contribution is -2.32. The Balaban J connectivity index is 2.32. The Morgan fingerprint density at radius 2 is 2.22 bits per heavy atom. The highest BCUT2D eigenvalue weighted by molar-refractivity contribution is 6.33. The predicted octanol–water partition coefficient (Wildman–Crippen LogP) is 2.73. The molecule has 0 atom stereocenters. The first-order valence-electron chi connectivity index (χ1n) is 7.88. The minimum Gasteiger partial charge on any atom is -0.491 e. The van der Waals surface area contributed by atoms with E-state index in [1.165, 1.54) is 7.11 Å². The molecule has 7 nitrogen and oxygen atoms in total. The highest BCUT2D eigenvalue weighted by Crippen LogP contribution is 2.43. The molecule has 2 N–H and O–H groups in total. The third kappa shape index (κ3) is 3.63. The van der Waals surface area contributed by atoms with Crippen LogP contribution in [-0.2, 0) is 4.84 Å². The molecule has 0 spiro atoms. The Labute approximate surface area is 159 Å². The number of ether oxygens (including phenoxy) is 1. The molecule has 1 aromatic heterocycles. The molecular formula is C17H16ClF2N5O2. The zero-order valence-electron chi connectivity index (χ0n) is 14.4. The lowest BCUT2D eigenvalue weighted by atomic mass is 10.0. The third-order valence-corrected chi connectivity index (χ3v) is 4.07. The van der Waals surface area contributed by atoms with Crippen molar-refractivity contribution in [2.45, 2.75) is 0 Å². The van der Waals surface area contributed by atoms with Crippen molar-refractivity contribution >= 4 is 23.3 Å². The number of aromatic nitrogens is 2. The number of halogens is 3. The first-order valence-corrected chi connectivity index (χ1v) is 8.26. The van der Waals surface area contributed by atoms with Gasteiger partial charge in [-0.1, -0.05) is 22.8 Å². The first kappa shape index (κ1) is 18.8. The number of hydrogen-bond acceptors (Lipinski definition) is 6. The van der Waals surface area contributed by atoms with Gasteiger partial charge in [-0.05, 0) is 0 Å².